The molecule has 2 N–H and O–H groups in total. The fraction of sp³-hybridized carbons (Fsp3) is 0.296. The molecule has 1 aliphatic rings. The summed E-state index contributed by atoms with van der Waals surface area (Å²) in [5, 5.41) is 19.4. The van der Waals surface area contributed by atoms with Crippen LogP contribution in [0.3, 0.4) is 0 Å². The lowest BCUT2D eigenvalue weighted by molar-refractivity contribution is -0.193. The van der Waals surface area contributed by atoms with Gasteiger partial charge in [-0.05, 0) is 42.8 Å². The number of rotatable bonds is 3. The summed E-state index contributed by atoms with van der Waals surface area (Å²) in [6.45, 7) is 5.14. The van der Waals surface area contributed by atoms with Crippen LogP contribution in [0.15, 0.2) is 59.7 Å². The number of carbonyl (C=O) groups is 2. The van der Waals surface area contributed by atoms with Crippen molar-refractivity contribution in [3.63, 3.8) is 0 Å². The van der Waals surface area contributed by atoms with E-state index in [0.29, 0.717) is 16.7 Å². The Kier molecular flexibility index (Phi) is 10.4. The van der Waals surface area contributed by atoms with E-state index < -0.39 is 24.3 Å². The molecule has 2 aromatic heterocycles. The highest BCUT2D eigenvalue weighted by molar-refractivity contribution is 5.83. The molecule has 0 bridgehead atoms. The maximum absolute atomic E-state index is 12.6. The summed E-state index contributed by atoms with van der Waals surface area (Å²) in [4.78, 5) is 37.3. The normalized spacial score (nSPS) is 13.4. The number of morpholine rings is 1. The number of hydrogen-bond donors (Lipinski definition) is 2. The first-order chi connectivity index (χ1) is 20.5. The summed E-state index contributed by atoms with van der Waals surface area (Å²) in [6, 6.07) is 14.1. The predicted molar refractivity (Wildman–Crippen MR) is 145 cm³/mol. The van der Waals surface area contributed by atoms with Crippen molar-refractivity contribution in [1.29, 1.82) is 0 Å². The summed E-state index contributed by atoms with van der Waals surface area (Å²) < 4.78 is 72.4. The number of aromatic nitrogens is 4. The Morgan fingerprint density at radius 3 is 2.02 bits per heavy atom. The van der Waals surface area contributed by atoms with Crippen LogP contribution in [0.25, 0.3) is 27.7 Å². The molecule has 1 fully saturated rings. The Balaban J connectivity index is 0.000000317. The molecule has 44 heavy (non-hydrogen) atoms. The molecule has 0 spiro atoms. The molecule has 236 valence electrons. The topological polar surface area (TPSA) is 140 Å². The summed E-state index contributed by atoms with van der Waals surface area (Å²) in [5.74, 6) is -4.81. The molecule has 1 saturated heterocycles. The number of carboxylic acid groups (broad SMARTS) is 2. The van der Waals surface area contributed by atoms with E-state index in [-0.39, 0.29) is 5.56 Å². The monoisotopic (exact) mass is 629 g/mol. The second-order valence-electron chi connectivity index (χ2n) is 9.15. The second-order valence-corrected chi connectivity index (χ2v) is 9.15. The molecule has 0 aliphatic carbocycles. The molecule has 3 heterocycles. The van der Waals surface area contributed by atoms with E-state index >= 15 is 0 Å². The number of hydrogen-bond acceptors (Lipinski definition) is 7. The van der Waals surface area contributed by atoms with Crippen molar-refractivity contribution >= 4 is 28.5 Å². The van der Waals surface area contributed by atoms with Crippen LogP contribution in [-0.2, 0) is 21.4 Å². The minimum Gasteiger partial charge on any atom is -0.475 e. The highest BCUT2D eigenvalue weighted by atomic mass is 19.4. The van der Waals surface area contributed by atoms with Crippen LogP contribution < -0.4 is 10.5 Å². The van der Waals surface area contributed by atoms with Gasteiger partial charge in [0.15, 0.2) is 0 Å². The fourth-order valence-electron chi connectivity index (χ4n) is 3.83. The Labute approximate surface area is 244 Å². The maximum atomic E-state index is 12.6. The number of fused-ring (bicyclic) bond motifs is 1. The van der Waals surface area contributed by atoms with Gasteiger partial charge in [-0.15, -0.1) is 0 Å². The average molecular weight is 630 g/mol. The Morgan fingerprint density at radius 1 is 0.886 bits per heavy atom. The smallest absolute Gasteiger partial charge is 0.475 e. The third-order valence-electron chi connectivity index (χ3n) is 6.17. The van der Waals surface area contributed by atoms with Gasteiger partial charge in [0.05, 0.1) is 36.0 Å². The van der Waals surface area contributed by atoms with E-state index in [2.05, 4.69) is 33.2 Å². The van der Waals surface area contributed by atoms with Crippen molar-refractivity contribution in [2.24, 2.45) is 7.05 Å². The highest BCUT2D eigenvalue weighted by Gasteiger charge is 2.38. The van der Waals surface area contributed by atoms with E-state index in [4.69, 9.17) is 24.5 Å². The zero-order chi connectivity index (χ0) is 32.8. The predicted octanol–water partition coefficient (Wildman–Crippen LogP) is 4.20. The number of carboxylic acids is 2. The molecule has 0 radical (unpaired) electrons. The molecular weight excluding hydrogens is 604 g/mol. The number of nitrogens with zero attached hydrogens (tertiary/aromatic N) is 5. The minimum absolute atomic E-state index is 0.0371. The summed E-state index contributed by atoms with van der Waals surface area (Å²) >= 11 is 0. The first-order valence-corrected chi connectivity index (χ1v) is 12.5. The van der Waals surface area contributed by atoms with Crippen LogP contribution in [0.1, 0.15) is 5.82 Å². The lowest BCUT2D eigenvalue weighted by atomic mass is 10.1. The molecule has 17 heteroatoms. The Bertz CT molecular complexity index is 1670. The van der Waals surface area contributed by atoms with E-state index in [9.17, 15) is 31.1 Å². The van der Waals surface area contributed by atoms with Gasteiger partial charge in [-0.25, -0.2) is 19.3 Å². The molecule has 0 amide bonds. The molecule has 1 aliphatic heterocycles. The van der Waals surface area contributed by atoms with Gasteiger partial charge in [0.25, 0.3) is 5.56 Å². The van der Waals surface area contributed by atoms with Gasteiger partial charge < -0.3 is 19.8 Å². The number of aryl methyl sites for hydroxylation is 1. The molecule has 4 aromatic rings. The number of halogens is 6. The van der Waals surface area contributed by atoms with Crippen LogP contribution in [0.2, 0.25) is 0 Å². The number of aliphatic carboxylic acids is 2. The SMILES string of the molecule is Cc1nc2ccc(-c3cnn(-c4cccc(N5CCOCC5)c4)c3)cc2c(=O)n1C.O=C(O)C(F)(F)F.O=C(O)C(F)(F)F. The van der Waals surface area contributed by atoms with E-state index in [1.807, 2.05) is 48.3 Å². The quantitative estimate of drug-likeness (QED) is 0.319. The zero-order valence-corrected chi connectivity index (χ0v) is 23.1. The Morgan fingerprint density at radius 2 is 1.45 bits per heavy atom. The molecular formula is C27H25F6N5O6. The van der Waals surface area contributed by atoms with E-state index in [1.54, 1.807) is 11.6 Å². The van der Waals surface area contributed by atoms with Gasteiger partial charge in [-0.3, -0.25) is 9.36 Å². The minimum atomic E-state index is -5.08. The highest BCUT2D eigenvalue weighted by Crippen LogP contribution is 2.25. The van der Waals surface area contributed by atoms with E-state index in [1.165, 1.54) is 5.69 Å². The van der Waals surface area contributed by atoms with Crippen LogP contribution in [0.4, 0.5) is 32.0 Å². The lowest BCUT2D eigenvalue weighted by Crippen LogP contribution is -2.36. The van der Waals surface area contributed by atoms with Crippen molar-refractivity contribution in [2.75, 3.05) is 31.2 Å². The van der Waals surface area contributed by atoms with Crippen LogP contribution >= 0.6 is 0 Å². The van der Waals surface area contributed by atoms with E-state index in [0.717, 1.165) is 43.1 Å². The fourth-order valence-corrected chi connectivity index (χ4v) is 3.83. The average Bonchev–Trinajstić information content (AvgIpc) is 3.47. The van der Waals surface area contributed by atoms with Gasteiger partial charge >= 0.3 is 24.3 Å². The summed E-state index contributed by atoms with van der Waals surface area (Å²) in [7, 11) is 1.75. The van der Waals surface area contributed by atoms with Crippen molar-refractivity contribution < 1.29 is 50.9 Å². The maximum Gasteiger partial charge on any atom is 0.490 e. The first-order valence-electron chi connectivity index (χ1n) is 12.5. The van der Waals surface area contributed by atoms with Gasteiger partial charge in [0.2, 0.25) is 0 Å². The van der Waals surface area contributed by atoms with Gasteiger partial charge in [-0.1, -0.05) is 12.1 Å². The zero-order valence-electron chi connectivity index (χ0n) is 23.1. The molecule has 2 aromatic carbocycles. The summed E-state index contributed by atoms with van der Waals surface area (Å²) in [5.41, 5.74) is 4.75. The van der Waals surface area contributed by atoms with Crippen LogP contribution in [0.5, 0.6) is 0 Å². The van der Waals surface area contributed by atoms with Crippen molar-refractivity contribution in [1.82, 2.24) is 19.3 Å². The number of benzene rings is 2. The van der Waals surface area contributed by atoms with Gasteiger partial charge in [-0.2, -0.15) is 31.4 Å². The molecule has 11 nitrogen and oxygen atoms in total. The Hall–Kier alpha value is -4.93. The molecule has 0 saturated carbocycles. The van der Waals surface area contributed by atoms with Crippen LogP contribution in [0, 0.1) is 6.92 Å². The van der Waals surface area contributed by atoms with Gasteiger partial charge in [0, 0.05) is 37.6 Å². The van der Waals surface area contributed by atoms with Crippen LogP contribution in [-0.4, -0.2) is 80.1 Å². The van der Waals surface area contributed by atoms with Crippen molar-refractivity contribution in [2.45, 2.75) is 19.3 Å². The third kappa shape index (κ3) is 8.56. The third-order valence-corrected chi connectivity index (χ3v) is 6.17. The second kappa shape index (κ2) is 13.6. The number of anilines is 1. The van der Waals surface area contributed by atoms with Gasteiger partial charge in [0.1, 0.15) is 5.82 Å². The largest absolute Gasteiger partial charge is 0.490 e. The molecule has 0 atom stereocenters. The summed E-state index contributed by atoms with van der Waals surface area (Å²) in [6.07, 6.45) is -6.35. The molecule has 5 rings (SSSR count). The van der Waals surface area contributed by atoms with Crippen molar-refractivity contribution in [3.05, 3.63) is 71.0 Å². The first kappa shape index (κ1) is 33.6. The number of alkyl halides is 6. The van der Waals surface area contributed by atoms with Crippen molar-refractivity contribution in [3.8, 4) is 16.8 Å². The number of ether oxygens (including phenoxy) is 1. The standard InChI is InChI=1S/C23H23N5O2.2C2HF3O2/c1-16-25-22-7-6-17(12-21(22)23(29)26(16)2)18-14-24-28(15-18)20-5-3-4-19(13-20)27-8-10-30-11-9-27;2*3-2(4,5)1(6)7/h3-7,12-15H,8-11H2,1-2H3;2*(H,6,7). The lowest BCUT2D eigenvalue weighted by Gasteiger charge is -2.29. The molecule has 0 unspecified atom stereocenters.